The molecule has 0 atom stereocenters. The Labute approximate surface area is 438 Å². The van der Waals surface area contributed by atoms with Crippen LogP contribution in [0.5, 0.6) is 0 Å². The van der Waals surface area contributed by atoms with Gasteiger partial charge in [-0.15, -0.1) is 0 Å². The van der Waals surface area contributed by atoms with Crippen LogP contribution in [0.15, 0.2) is 303 Å². The van der Waals surface area contributed by atoms with Crippen molar-refractivity contribution in [2.24, 2.45) is 0 Å². The summed E-state index contributed by atoms with van der Waals surface area (Å²) in [5.41, 5.74) is 23.6. The number of nitrogens with zero attached hydrogens (tertiary/aromatic N) is 2. The molecule has 2 heteroatoms. The highest BCUT2D eigenvalue weighted by Gasteiger charge is 2.46. The van der Waals surface area contributed by atoms with Gasteiger partial charge < -0.3 is 9.47 Å². The van der Waals surface area contributed by atoms with Crippen molar-refractivity contribution in [3.63, 3.8) is 0 Å². The summed E-state index contributed by atoms with van der Waals surface area (Å²) in [4.78, 5) is 2.38. The first-order chi connectivity index (χ1) is 37.2. The van der Waals surface area contributed by atoms with Gasteiger partial charge in [0.15, 0.2) is 0 Å². The van der Waals surface area contributed by atoms with Crippen molar-refractivity contribution in [2.45, 2.75) is 5.41 Å². The first-order valence-electron chi connectivity index (χ1n) is 25.9. The van der Waals surface area contributed by atoms with Gasteiger partial charge in [0.2, 0.25) is 0 Å². The average Bonchev–Trinajstić information content (AvgIpc) is 4.05. The van der Waals surface area contributed by atoms with Crippen LogP contribution in [0.25, 0.3) is 83.1 Å². The quantitative estimate of drug-likeness (QED) is 0.133. The predicted molar refractivity (Wildman–Crippen MR) is 315 cm³/mol. The molecule has 2 nitrogen and oxygen atoms in total. The summed E-state index contributed by atoms with van der Waals surface area (Å²) < 4.78 is 2.41. The number of para-hydroxylation sites is 3. The Balaban J connectivity index is 0.833. The van der Waals surface area contributed by atoms with Crippen molar-refractivity contribution >= 4 is 38.9 Å². The Morgan fingerprint density at radius 1 is 0.267 bits per heavy atom. The van der Waals surface area contributed by atoms with Crippen LogP contribution >= 0.6 is 0 Å². The normalized spacial score (nSPS) is 12.4. The van der Waals surface area contributed by atoms with Crippen molar-refractivity contribution in [1.82, 2.24) is 4.57 Å². The van der Waals surface area contributed by atoms with Gasteiger partial charge in [0.1, 0.15) is 0 Å². The van der Waals surface area contributed by atoms with Crippen molar-refractivity contribution in [1.29, 1.82) is 0 Å². The SMILES string of the molecule is c1ccc(-c2cccc(N(c3ccc(-c4ccc(-c5ccccc5-n5c6ccccc6c6ccccc65)cc4)cc3)c3ccc(-c4cccc5c4-c4ccccc4C5(c4ccccc4)c4ccccc4)cc3)c2)cc1. The molecule has 0 aliphatic heterocycles. The molecule has 0 amide bonds. The molecule has 0 saturated carbocycles. The van der Waals surface area contributed by atoms with Crippen molar-refractivity contribution in [3.05, 3.63) is 326 Å². The number of hydrogen-bond acceptors (Lipinski definition) is 1. The van der Waals surface area contributed by atoms with Gasteiger partial charge in [0.25, 0.3) is 0 Å². The number of hydrogen-bond donors (Lipinski definition) is 0. The number of aromatic nitrogens is 1. The van der Waals surface area contributed by atoms with Crippen LogP contribution in [0.1, 0.15) is 22.3 Å². The topological polar surface area (TPSA) is 8.17 Å². The standard InChI is InChI=1S/C73H50N2/c1-4-20-51(21-5-1)56-22-18-27-61(50-56)74(59-46-42-53(43-47-59)52-38-40-54(41-39-52)62-28-11-15-35-69(62)75-70-36-16-12-29-64(70)65-30-13-17-37-71(65)75)60-48-44-55(45-49-60)63-32-19-34-68-72(63)66-31-10-14-33-67(66)73(68,57-23-6-2-7-24-57)58-25-8-3-9-26-58/h1-50H. The van der Waals surface area contributed by atoms with Crippen LogP contribution in [-0.2, 0) is 5.41 Å². The molecule has 0 fully saturated rings. The Bertz CT molecular complexity index is 4100. The summed E-state index contributed by atoms with van der Waals surface area (Å²) in [6, 6.07) is 111. The van der Waals surface area contributed by atoms with E-state index in [4.69, 9.17) is 0 Å². The van der Waals surface area contributed by atoms with E-state index in [2.05, 4.69) is 313 Å². The Hall–Kier alpha value is -9.76. The van der Waals surface area contributed by atoms with Crippen LogP contribution < -0.4 is 4.90 Å². The highest BCUT2D eigenvalue weighted by atomic mass is 15.1. The van der Waals surface area contributed by atoms with E-state index in [1.165, 1.54) is 99.8 Å². The van der Waals surface area contributed by atoms with Crippen LogP contribution in [0, 0.1) is 0 Å². The summed E-state index contributed by atoms with van der Waals surface area (Å²) >= 11 is 0. The molecule has 0 unspecified atom stereocenters. The number of fused-ring (bicyclic) bond motifs is 6. The van der Waals surface area contributed by atoms with Gasteiger partial charge in [0, 0.05) is 33.4 Å². The smallest absolute Gasteiger partial charge is 0.0713 e. The third-order valence-corrected chi connectivity index (χ3v) is 15.5. The molecule has 1 aliphatic carbocycles. The van der Waals surface area contributed by atoms with Gasteiger partial charge in [-0.2, -0.15) is 0 Å². The molecule has 13 aromatic rings. The van der Waals surface area contributed by atoms with Crippen LogP contribution in [-0.4, -0.2) is 4.57 Å². The largest absolute Gasteiger partial charge is 0.310 e. The maximum Gasteiger partial charge on any atom is 0.0713 e. The van der Waals surface area contributed by atoms with Gasteiger partial charge in [-0.1, -0.05) is 249 Å². The van der Waals surface area contributed by atoms with Gasteiger partial charge in [-0.25, -0.2) is 0 Å². The molecule has 0 spiro atoms. The van der Waals surface area contributed by atoms with E-state index < -0.39 is 5.41 Å². The van der Waals surface area contributed by atoms with Gasteiger partial charge in [-0.05, 0) is 127 Å². The lowest BCUT2D eigenvalue weighted by Gasteiger charge is -2.34. The minimum absolute atomic E-state index is 0.459. The third kappa shape index (κ3) is 7.33. The summed E-state index contributed by atoms with van der Waals surface area (Å²) in [5.74, 6) is 0. The first kappa shape index (κ1) is 44.0. The molecule has 0 saturated heterocycles. The fourth-order valence-electron chi connectivity index (χ4n) is 12.2. The predicted octanol–water partition coefficient (Wildman–Crippen LogP) is 19.3. The molecular formula is C73H50N2. The van der Waals surface area contributed by atoms with E-state index >= 15 is 0 Å². The molecule has 75 heavy (non-hydrogen) atoms. The molecule has 1 heterocycles. The van der Waals surface area contributed by atoms with E-state index in [0.29, 0.717) is 0 Å². The second-order valence-electron chi connectivity index (χ2n) is 19.6. The van der Waals surface area contributed by atoms with Gasteiger partial charge in [0.05, 0.1) is 22.1 Å². The van der Waals surface area contributed by atoms with E-state index in [0.717, 1.165) is 22.6 Å². The summed E-state index contributed by atoms with van der Waals surface area (Å²) in [6.45, 7) is 0. The fourth-order valence-corrected chi connectivity index (χ4v) is 12.2. The molecule has 352 valence electrons. The average molecular weight is 955 g/mol. The lowest BCUT2D eigenvalue weighted by molar-refractivity contribution is 0.768. The molecule has 1 aliphatic rings. The highest BCUT2D eigenvalue weighted by molar-refractivity contribution is 6.10. The van der Waals surface area contributed by atoms with E-state index in [1.54, 1.807) is 0 Å². The molecule has 12 aromatic carbocycles. The van der Waals surface area contributed by atoms with Gasteiger partial charge >= 0.3 is 0 Å². The second-order valence-corrected chi connectivity index (χ2v) is 19.6. The van der Waals surface area contributed by atoms with E-state index in [-0.39, 0.29) is 0 Å². The van der Waals surface area contributed by atoms with Crippen molar-refractivity contribution in [2.75, 3.05) is 4.90 Å². The number of rotatable bonds is 10. The monoisotopic (exact) mass is 954 g/mol. The molecule has 0 bridgehead atoms. The Morgan fingerprint density at radius 2 is 0.693 bits per heavy atom. The van der Waals surface area contributed by atoms with Crippen LogP contribution in [0.4, 0.5) is 17.1 Å². The van der Waals surface area contributed by atoms with E-state index in [1.807, 2.05) is 0 Å². The minimum atomic E-state index is -0.459. The second kappa shape index (κ2) is 18.4. The first-order valence-corrected chi connectivity index (χ1v) is 25.9. The zero-order valence-corrected chi connectivity index (χ0v) is 41.3. The molecule has 0 radical (unpaired) electrons. The van der Waals surface area contributed by atoms with E-state index in [9.17, 15) is 0 Å². The Kier molecular flexibility index (Phi) is 10.8. The summed E-state index contributed by atoms with van der Waals surface area (Å²) in [7, 11) is 0. The van der Waals surface area contributed by atoms with Crippen molar-refractivity contribution in [3.8, 4) is 61.3 Å². The number of anilines is 3. The molecular weight excluding hydrogens is 905 g/mol. The molecule has 1 aromatic heterocycles. The zero-order chi connectivity index (χ0) is 49.7. The summed E-state index contributed by atoms with van der Waals surface area (Å²) in [6.07, 6.45) is 0. The highest BCUT2D eigenvalue weighted by Crippen LogP contribution is 2.58. The third-order valence-electron chi connectivity index (χ3n) is 15.5. The molecule has 14 rings (SSSR count). The fraction of sp³-hybridized carbons (Fsp3) is 0.0137. The lowest BCUT2D eigenvalue weighted by Crippen LogP contribution is -2.28. The lowest BCUT2D eigenvalue weighted by atomic mass is 9.67. The van der Waals surface area contributed by atoms with Crippen LogP contribution in [0.3, 0.4) is 0 Å². The zero-order valence-electron chi connectivity index (χ0n) is 41.3. The van der Waals surface area contributed by atoms with Crippen molar-refractivity contribution < 1.29 is 0 Å². The van der Waals surface area contributed by atoms with Gasteiger partial charge in [-0.3, -0.25) is 0 Å². The van der Waals surface area contributed by atoms with Crippen LogP contribution in [0.2, 0.25) is 0 Å². The number of benzene rings is 12. The molecule has 0 N–H and O–H groups in total. The minimum Gasteiger partial charge on any atom is -0.310 e. The maximum atomic E-state index is 2.41. The Morgan fingerprint density at radius 3 is 1.33 bits per heavy atom. The summed E-state index contributed by atoms with van der Waals surface area (Å²) in [5, 5.41) is 2.52. The maximum absolute atomic E-state index is 2.41.